The van der Waals surface area contributed by atoms with E-state index in [1.165, 1.54) is 18.7 Å². The van der Waals surface area contributed by atoms with E-state index in [2.05, 4.69) is 19.4 Å². The van der Waals surface area contributed by atoms with Gasteiger partial charge in [0, 0.05) is 30.8 Å². The van der Waals surface area contributed by atoms with Gasteiger partial charge in [0.25, 0.3) is 0 Å². The van der Waals surface area contributed by atoms with Gasteiger partial charge in [-0.2, -0.15) is 17.6 Å². The zero-order valence-electron chi connectivity index (χ0n) is 12.9. The number of ether oxygens (including phenoxy) is 2. The van der Waals surface area contributed by atoms with Crippen molar-refractivity contribution >= 4 is 11.6 Å². The Labute approximate surface area is 143 Å². The van der Waals surface area contributed by atoms with Gasteiger partial charge in [0.2, 0.25) is 0 Å². The minimum Gasteiger partial charge on any atom is -0.421 e. The number of fused-ring (bicyclic) bond motifs is 1. The highest BCUT2D eigenvalue weighted by Gasteiger charge is 2.65. The topological polar surface area (TPSA) is 78.4 Å². The van der Waals surface area contributed by atoms with Gasteiger partial charge in [-0.15, -0.1) is 0 Å². The Kier molecular flexibility index (Phi) is 4.34. The highest BCUT2D eigenvalue weighted by atomic mass is 19.3. The molecule has 10 heteroatoms. The van der Waals surface area contributed by atoms with E-state index in [-0.39, 0.29) is 29.8 Å². The van der Waals surface area contributed by atoms with E-state index in [0.717, 1.165) is 18.2 Å². The van der Waals surface area contributed by atoms with E-state index in [0.29, 0.717) is 0 Å². The van der Waals surface area contributed by atoms with Crippen LogP contribution < -0.4 is 9.47 Å². The van der Waals surface area contributed by atoms with Crippen LogP contribution in [0.5, 0.6) is 11.5 Å². The van der Waals surface area contributed by atoms with E-state index >= 15 is 0 Å². The second-order valence-electron chi connectivity index (χ2n) is 5.37. The standard InChI is InChI=1S/C16H10F4N2O4/c17-15(18)16(19,20)26-14-5-9(1-4-13(14)25-15)11(23)2-3-12(24)10-6-21-8-22-7-10/h1,4-8H,2-3H2. The minimum absolute atomic E-state index is 0.0783. The van der Waals surface area contributed by atoms with Crippen molar-refractivity contribution in [1.29, 1.82) is 0 Å². The molecule has 6 nitrogen and oxygen atoms in total. The van der Waals surface area contributed by atoms with Crippen molar-refractivity contribution in [2.24, 2.45) is 0 Å². The van der Waals surface area contributed by atoms with E-state index in [4.69, 9.17) is 0 Å². The third-order valence-electron chi connectivity index (χ3n) is 3.54. The van der Waals surface area contributed by atoms with Gasteiger partial charge in [0.1, 0.15) is 6.33 Å². The average molecular weight is 370 g/mol. The van der Waals surface area contributed by atoms with Crippen LogP contribution in [0.15, 0.2) is 36.9 Å². The van der Waals surface area contributed by atoms with Crippen LogP contribution in [0.1, 0.15) is 33.6 Å². The molecule has 0 spiro atoms. The summed E-state index contributed by atoms with van der Waals surface area (Å²) in [5.74, 6) is -2.23. The molecule has 0 saturated carbocycles. The summed E-state index contributed by atoms with van der Waals surface area (Å²) in [6, 6.07) is 2.93. The molecular weight excluding hydrogens is 360 g/mol. The summed E-state index contributed by atoms with van der Waals surface area (Å²) in [5.41, 5.74) is 0.148. The monoisotopic (exact) mass is 370 g/mol. The molecule has 26 heavy (non-hydrogen) atoms. The highest BCUT2D eigenvalue weighted by molar-refractivity contribution is 6.02. The maximum Gasteiger partial charge on any atom is 0.507 e. The summed E-state index contributed by atoms with van der Waals surface area (Å²) in [6.07, 6.45) is -6.23. The molecule has 0 bridgehead atoms. The van der Waals surface area contributed by atoms with Gasteiger partial charge in [-0.05, 0) is 18.2 Å². The lowest BCUT2D eigenvalue weighted by Crippen LogP contribution is -2.52. The molecule has 0 fully saturated rings. The number of rotatable bonds is 5. The summed E-state index contributed by atoms with van der Waals surface area (Å²) in [4.78, 5) is 31.4. The lowest BCUT2D eigenvalue weighted by molar-refractivity contribution is -0.391. The summed E-state index contributed by atoms with van der Waals surface area (Å²) in [7, 11) is 0. The van der Waals surface area contributed by atoms with E-state index in [1.54, 1.807) is 0 Å². The first kappa shape index (κ1) is 17.8. The molecule has 136 valence electrons. The number of Topliss-reactive ketones (excluding diaryl/α,β-unsaturated/α-hetero) is 2. The Morgan fingerprint density at radius 2 is 1.38 bits per heavy atom. The molecule has 2 aromatic rings. The second-order valence-corrected chi connectivity index (χ2v) is 5.37. The number of alkyl halides is 4. The molecule has 3 rings (SSSR count). The summed E-state index contributed by atoms with van der Waals surface area (Å²) < 4.78 is 60.5. The van der Waals surface area contributed by atoms with Crippen LogP contribution >= 0.6 is 0 Å². The van der Waals surface area contributed by atoms with Crippen LogP contribution in [0.25, 0.3) is 0 Å². The molecule has 0 radical (unpaired) electrons. The number of halogens is 4. The molecule has 0 N–H and O–H groups in total. The van der Waals surface area contributed by atoms with Gasteiger partial charge in [-0.25, -0.2) is 9.97 Å². The Balaban J connectivity index is 1.71. The number of hydrogen-bond donors (Lipinski definition) is 0. The average Bonchev–Trinajstić information content (AvgIpc) is 2.60. The van der Waals surface area contributed by atoms with Crippen molar-refractivity contribution in [1.82, 2.24) is 9.97 Å². The SMILES string of the molecule is O=C(CCC(=O)c1ccc2c(c1)OC(F)(F)C(F)(F)O2)c1cncnc1. The number of nitrogens with zero attached hydrogens (tertiary/aromatic N) is 2. The summed E-state index contributed by atoms with van der Waals surface area (Å²) in [6.45, 7) is 0. The molecule has 1 aromatic heterocycles. The zero-order chi connectivity index (χ0) is 18.9. The number of ketones is 2. The molecular formula is C16H10F4N2O4. The van der Waals surface area contributed by atoms with Gasteiger partial charge in [-0.3, -0.25) is 9.59 Å². The van der Waals surface area contributed by atoms with Crippen LogP contribution in [0, 0.1) is 0 Å². The van der Waals surface area contributed by atoms with Crippen LogP contribution in [0.4, 0.5) is 17.6 Å². The minimum atomic E-state index is -4.87. The van der Waals surface area contributed by atoms with Crippen molar-refractivity contribution in [2.45, 2.75) is 25.1 Å². The van der Waals surface area contributed by atoms with Crippen molar-refractivity contribution in [3.8, 4) is 11.5 Å². The van der Waals surface area contributed by atoms with Crippen molar-refractivity contribution in [3.05, 3.63) is 48.0 Å². The first-order valence-electron chi connectivity index (χ1n) is 7.29. The van der Waals surface area contributed by atoms with Gasteiger partial charge in [0.15, 0.2) is 23.1 Å². The number of carbonyl (C=O) groups is 2. The lowest BCUT2D eigenvalue weighted by Gasteiger charge is -2.31. The van der Waals surface area contributed by atoms with Gasteiger partial charge in [0.05, 0.1) is 5.56 Å². The van der Waals surface area contributed by atoms with Crippen LogP contribution in [0.2, 0.25) is 0 Å². The molecule has 1 aliphatic heterocycles. The summed E-state index contributed by atoms with van der Waals surface area (Å²) in [5, 5.41) is 0. The van der Waals surface area contributed by atoms with Crippen LogP contribution in [-0.4, -0.2) is 33.8 Å². The molecule has 0 aliphatic carbocycles. The fraction of sp³-hybridized carbons (Fsp3) is 0.250. The predicted octanol–water partition coefficient (Wildman–Crippen LogP) is 3.28. The van der Waals surface area contributed by atoms with E-state index < -0.39 is 29.5 Å². The Morgan fingerprint density at radius 1 is 0.846 bits per heavy atom. The maximum atomic E-state index is 13.2. The van der Waals surface area contributed by atoms with Gasteiger partial charge < -0.3 is 9.47 Å². The largest absolute Gasteiger partial charge is 0.507 e. The number of hydrogen-bond acceptors (Lipinski definition) is 6. The fourth-order valence-electron chi connectivity index (χ4n) is 2.20. The molecule has 1 aromatic carbocycles. The van der Waals surface area contributed by atoms with Gasteiger partial charge >= 0.3 is 12.2 Å². The molecule has 0 unspecified atom stereocenters. The quantitative estimate of drug-likeness (QED) is 0.594. The molecule has 1 aliphatic rings. The Morgan fingerprint density at radius 3 is 2.00 bits per heavy atom. The van der Waals surface area contributed by atoms with Crippen molar-refractivity contribution < 1.29 is 36.6 Å². The second kappa shape index (κ2) is 6.36. The Hall–Kier alpha value is -3.04. The van der Waals surface area contributed by atoms with Gasteiger partial charge in [-0.1, -0.05) is 0 Å². The van der Waals surface area contributed by atoms with Crippen LogP contribution in [0.3, 0.4) is 0 Å². The lowest BCUT2D eigenvalue weighted by atomic mass is 10.0. The first-order chi connectivity index (χ1) is 12.2. The molecule has 0 amide bonds. The molecule has 2 heterocycles. The zero-order valence-corrected chi connectivity index (χ0v) is 12.9. The fourth-order valence-corrected chi connectivity index (χ4v) is 2.20. The molecule has 0 atom stereocenters. The maximum absolute atomic E-state index is 13.2. The van der Waals surface area contributed by atoms with Crippen LogP contribution in [-0.2, 0) is 0 Å². The van der Waals surface area contributed by atoms with E-state index in [1.807, 2.05) is 0 Å². The predicted molar refractivity (Wildman–Crippen MR) is 77.5 cm³/mol. The number of aromatic nitrogens is 2. The normalized spacial score (nSPS) is 16.8. The highest BCUT2D eigenvalue weighted by Crippen LogP contribution is 2.47. The van der Waals surface area contributed by atoms with E-state index in [9.17, 15) is 27.2 Å². The smallest absolute Gasteiger partial charge is 0.421 e. The third kappa shape index (κ3) is 3.35. The third-order valence-corrected chi connectivity index (χ3v) is 3.54. The number of carbonyl (C=O) groups excluding carboxylic acids is 2. The summed E-state index contributed by atoms with van der Waals surface area (Å²) >= 11 is 0. The first-order valence-corrected chi connectivity index (χ1v) is 7.29. The molecule has 0 saturated heterocycles. The van der Waals surface area contributed by atoms with Crippen molar-refractivity contribution in [3.63, 3.8) is 0 Å². The number of benzene rings is 1. The Bertz CT molecular complexity index is 859. The van der Waals surface area contributed by atoms with Crippen molar-refractivity contribution in [2.75, 3.05) is 0 Å².